The highest BCUT2D eigenvalue weighted by atomic mass is 16.4. The molecule has 0 saturated carbocycles. The van der Waals surface area contributed by atoms with E-state index in [1.807, 2.05) is 6.92 Å². The first kappa shape index (κ1) is 14.6. The molecule has 1 fully saturated rings. The summed E-state index contributed by atoms with van der Waals surface area (Å²) >= 11 is 0. The van der Waals surface area contributed by atoms with Crippen LogP contribution in [0.4, 0.5) is 0 Å². The molecular weight excluding hydrogens is 260 g/mol. The molecule has 2 rings (SSSR count). The minimum absolute atomic E-state index is 0.101. The summed E-state index contributed by atoms with van der Waals surface area (Å²) in [6, 6.07) is 0. The van der Waals surface area contributed by atoms with Crippen LogP contribution in [0.5, 0.6) is 0 Å². The summed E-state index contributed by atoms with van der Waals surface area (Å²) in [5, 5.41) is 8.73. The van der Waals surface area contributed by atoms with Crippen LogP contribution < -0.4 is 0 Å². The van der Waals surface area contributed by atoms with Gasteiger partial charge >= 0.3 is 5.97 Å². The van der Waals surface area contributed by atoms with Gasteiger partial charge in [-0.1, -0.05) is 6.92 Å². The van der Waals surface area contributed by atoms with Crippen molar-refractivity contribution in [3.63, 3.8) is 0 Å². The largest absolute Gasteiger partial charge is 0.481 e. The normalized spacial score (nSPS) is 19.1. The molecule has 6 nitrogen and oxygen atoms in total. The smallest absolute Gasteiger partial charge is 0.303 e. The lowest BCUT2D eigenvalue weighted by atomic mass is 9.93. The minimum Gasteiger partial charge on any atom is -0.481 e. The Kier molecular flexibility index (Phi) is 4.76. The molecule has 6 heteroatoms. The average Bonchev–Trinajstić information content (AvgIpc) is 2.93. The van der Waals surface area contributed by atoms with Crippen LogP contribution in [-0.4, -0.2) is 40.0 Å². The molecule has 0 spiro atoms. The van der Waals surface area contributed by atoms with E-state index in [1.54, 1.807) is 4.90 Å². The number of nitrogens with zero attached hydrogens (tertiary/aromatic N) is 2. The number of rotatable bonds is 5. The van der Waals surface area contributed by atoms with Crippen molar-refractivity contribution >= 4 is 11.9 Å². The van der Waals surface area contributed by atoms with E-state index in [2.05, 4.69) is 4.98 Å². The molecule has 1 unspecified atom stereocenters. The highest BCUT2D eigenvalue weighted by Crippen LogP contribution is 2.23. The van der Waals surface area contributed by atoms with E-state index < -0.39 is 5.97 Å². The standard InChI is InChI=1S/C14H20N2O4/c1-2-11-13(15-9-20-11)14(19)16-7-3-4-10(8-16)5-6-12(17)18/h9-10H,2-8H2,1H3,(H,17,18). The molecule has 1 atom stereocenters. The molecule has 1 saturated heterocycles. The lowest BCUT2D eigenvalue weighted by Gasteiger charge is -2.32. The topological polar surface area (TPSA) is 83.6 Å². The summed E-state index contributed by atoms with van der Waals surface area (Å²) < 4.78 is 5.20. The number of aliphatic carboxylic acids is 1. The fourth-order valence-corrected chi connectivity index (χ4v) is 2.66. The fraction of sp³-hybridized carbons (Fsp3) is 0.643. The molecule has 1 aromatic rings. The summed E-state index contributed by atoms with van der Waals surface area (Å²) in [6.07, 6.45) is 4.62. The highest BCUT2D eigenvalue weighted by molar-refractivity contribution is 5.93. The Morgan fingerprint density at radius 3 is 3.05 bits per heavy atom. The maximum absolute atomic E-state index is 12.4. The van der Waals surface area contributed by atoms with E-state index in [1.165, 1.54) is 6.39 Å². The van der Waals surface area contributed by atoms with Crippen molar-refractivity contribution in [3.05, 3.63) is 17.8 Å². The van der Waals surface area contributed by atoms with Gasteiger partial charge in [0.15, 0.2) is 12.1 Å². The summed E-state index contributed by atoms with van der Waals surface area (Å²) in [5.41, 5.74) is 0.395. The van der Waals surface area contributed by atoms with Crippen molar-refractivity contribution in [2.24, 2.45) is 5.92 Å². The number of carboxylic acid groups (broad SMARTS) is 1. The number of likely N-dealkylation sites (tertiary alicyclic amines) is 1. The number of hydrogen-bond donors (Lipinski definition) is 1. The molecule has 1 N–H and O–H groups in total. The van der Waals surface area contributed by atoms with Gasteiger partial charge in [0.2, 0.25) is 0 Å². The molecule has 0 aromatic carbocycles. The Bertz CT molecular complexity index is 483. The number of piperidine rings is 1. The molecular formula is C14H20N2O4. The maximum Gasteiger partial charge on any atom is 0.303 e. The van der Waals surface area contributed by atoms with Gasteiger partial charge in [0.25, 0.3) is 5.91 Å². The number of oxazole rings is 1. The number of aryl methyl sites for hydroxylation is 1. The number of amides is 1. The van der Waals surface area contributed by atoms with Gasteiger partial charge in [0.05, 0.1) is 0 Å². The SMILES string of the molecule is CCc1ocnc1C(=O)N1CCCC(CCC(=O)O)C1. The Labute approximate surface area is 117 Å². The molecule has 1 amide bonds. The van der Waals surface area contributed by atoms with E-state index in [-0.39, 0.29) is 18.2 Å². The van der Waals surface area contributed by atoms with Gasteiger partial charge in [-0.15, -0.1) is 0 Å². The quantitative estimate of drug-likeness (QED) is 0.891. The van der Waals surface area contributed by atoms with Gasteiger partial charge in [-0.25, -0.2) is 4.98 Å². The van der Waals surface area contributed by atoms with Crippen LogP contribution in [0.25, 0.3) is 0 Å². The second-order valence-electron chi connectivity index (χ2n) is 5.17. The zero-order valence-electron chi connectivity index (χ0n) is 11.7. The van der Waals surface area contributed by atoms with E-state index in [9.17, 15) is 9.59 Å². The predicted molar refractivity (Wildman–Crippen MR) is 71.4 cm³/mol. The van der Waals surface area contributed by atoms with Crippen molar-refractivity contribution in [2.45, 2.75) is 39.0 Å². The summed E-state index contributed by atoms with van der Waals surface area (Å²) in [6.45, 7) is 3.24. The number of carboxylic acids is 1. The van der Waals surface area contributed by atoms with E-state index in [4.69, 9.17) is 9.52 Å². The van der Waals surface area contributed by atoms with Gasteiger partial charge in [-0.05, 0) is 25.2 Å². The summed E-state index contributed by atoms with van der Waals surface area (Å²) in [7, 11) is 0. The van der Waals surface area contributed by atoms with Gasteiger partial charge in [-0.3, -0.25) is 9.59 Å². The van der Waals surface area contributed by atoms with E-state index >= 15 is 0 Å². The lowest BCUT2D eigenvalue weighted by molar-refractivity contribution is -0.137. The Morgan fingerprint density at radius 1 is 1.55 bits per heavy atom. The van der Waals surface area contributed by atoms with Crippen molar-refractivity contribution < 1.29 is 19.1 Å². The zero-order chi connectivity index (χ0) is 14.5. The molecule has 0 bridgehead atoms. The number of carbonyl (C=O) groups excluding carboxylic acids is 1. The van der Waals surface area contributed by atoms with E-state index in [0.717, 1.165) is 12.8 Å². The van der Waals surface area contributed by atoms with Crippen LogP contribution in [0, 0.1) is 5.92 Å². The molecule has 1 aromatic heterocycles. The van der Waals surface area contributed by atoms with Crippen LogP contribution in [0.15, 0.2) is 10.8 Å². The third-order valence-corrected chi connectivity index (χ3v) is 3.74. The van der Waals surface area contributed by atoms with Gasteiger partial charge in [-0.2, -0.15) is 0 Å². The molecule has 2 heterocycles. The Hall–Kier alpha value is -1.85. The first-order chi connectivity index (χ1) is 9.61. The molecule has 110 valence electrons. The second kappa shape index (κ2) is 6.54. The first-order valence-electron chi connectivity index (χ1n) is 7.05. The van der Waals surface area contributed by atoms with Crippen molar-refractivity contribution in [3.8, 4) is 0 Å². The average molecular weight is 280 g/mol. The third-order valence-electron chi connectivity index (χ3n) is 3.74. The van der Waals surface area contributed by atoms with Crippen LogP contribution in [0.3, 0.4) is 0 Å². The van der Waals surface area contributed by atoms with Crippen molar-refractivity contribution in [1.82, 2.24) is 9.88 Å². The fourth-order valence-electron chi connectivity index (χ4n) is 2.66. The van der Waals surface area contributed by atoms with Crippen molar-refractivity contribution in [2.75, 3.05) is 13.1 Å². The maximum atomic E-state index is 12.4. The third kappa shape index (κ3) is 3.37. The molecule has 1 aliphatic heterocycles. The summed E-state index contributed by atoms with van der Waals surface area (Å²) in [5.74, 6) is -0.00252. The molecule has 0 aliphatic carbocycles. The molecule has 1 aliphatic rings. The number of aromatic nitrogens is 1. The summed E-state index contributed by atoms with van der Waals surface area (Å²) in [4.78, 5) is 28.8. The number of hydrogen-bond acceptors (Lipinski definition) is 4. The van der Waals surface area contributed by atoms with Crippen LogP contribution >= 0.6 is 0 Å². The predicted octanol–water partition coefficient (Wildman–Crippen LogP) is 1.95. The van der Waals surface area contributed by atoms with Gasteiger partial charge < -0.3 is 14.4 Å². The first-order valence-corrected chi connectivity index (χ1v) is 7.05. The molecule has 0 radical (unpaired) electrons. The van der Waals surface area contributed by atoms with Crippen LogP contribution in [0.1, 0.15) is 48.9 Å². The number of carbonyl (C=O) groups is 2. The minimum atomic E-state index is -0.779. The Morgan fingerprint density at radius 2 is 2.35 bits per heavy atom. The second-order valence-corrected chi connectivity index (χ2v) is 5.17. The van der Waals surface area contributed by atoms with Crippen molar-refractivity contribution in [1.29, 1.82) is 0 Å². The lowest BCUT2D eigenvalue weighted by Crippen LogP contribution is -2.40. The Balaban J connectivity index is 1.98. The molecule has 20 heavy (non-hydrogen) atoms. The van der Waals surface area contributed by atoms with Crippen LogP contribution in [0.2, 0.25) is 0 Å². The van der Waals surface area contributed by atoms with E-state index in [0.29, 0.717) is 37.4 Å². The zero-order valence-corrected chi connectivity index (χ0v) is 11.7. The van der Waals surface area contributed by atoms with Crippen LogP contribution in [-0.2, 0) is 11.2 Å². The highest BCUT2D eigenvalue weighted by Gasteiger charge is 2.27. The van der Waals surface area contributed by atoms with Gasteiger partial charge in [0.1, 0.15) is 5.76 Å². The van der Waals surface area contributed by atoms with Gasteiger partial charge in [0, 0.05) is 25.9 Å². The monoisotopic (exact) mass is 280 g/mol.